The van der Waals surface area contributed by atoms with Gasteiger partial charge in [0.05, 0.1) is 26.3 Å². The van der Waals surface area contributed by atoms with Crippen molar-refractivity contribution in [1.29, 1.82) is 0 Å². The van der Waals surface area contributed by atoms with E-state index in [-0.39, 0.29) is 13.0 Å². The van der Waals surface area contributed by atoms with Crippen LogP contribution in [-0.2, 0) is 9.59 Å². The number of benzene rings is 1. The van der Waals surface area contributed by atoms with Gasteiger partial charge in [0.15, 0.2) is 0 Å². The first-order chi connectivity index (χ1) is 10.5. The van der Waals surface area contributed by atoms with Crippen LogP contribution in [0.2, 0.25) is 0 Å². The Labute approximate surface area is 128 Å². The molecule has 1 atom stereocenters. The lowest BCUT2D eigenvalue weighted by atomic mass is 10.2. The van der Waals surface area contributed by atoms with E-state index >= 15 is 0 Å². The molecule has 0 unspecified atom stereocenters. The van der Waals surface area contributed by atoms with Gasteiger partial charge in [-0.25, -0.2) is 0 Å². The number of amides is 1. The fourth-order valence-corrected chi connectivity index (χ4v) is 1.80. The maximum Gasteiger partial charge on any atom is 0.321 e. The zero-order valence-electron chi connectivity index (χ0n) is 12.6. The van der Waals surface area contributed by atoms with Crippen LogP contribution < -0.4 is 25.8 Å². The molecule has 0 aliphatic carbocycles. The van der Waals surface area contributed by atoms with E-state index in [1.54, 1.807) is 18.2 Å². The van der Waals surface area contributed by atoms with Gasteiger partial charge in [-0.05, 0) is 12.1 Å². The standard InChI is InChI=1S/C14H21N3O5/c1-21-9-3-4-12(22-2)10(7-9)17-13(18)8-11(14(19)20)16-6-5-15/h3-4,7,11,16H,5-6,8,15H2,1-2H3,(H,17,18)(H,19,20)/t11-/m0/s1. The summed E-state index contributed by atoms with van der Waals surface area (Å²) in [5, 5.41) is 14.4. The summed E-state index contributed by atoms with van der Waals surface area (Å²) in [6.07, 6.45) is -0.226. The van der Waals surface area contributed by atoms with Gasteiger partial charge in [0.2, 0.25) is 5.91 Å². The van der Waals surface area contributed by atoms with Crippen molar-refractivity contribution >= 4 is 17.6 Å². The van der Waals surface area contributed by atoms with Crippen LogP contribution in [0, 0.1) is 0 Å². The van der Waals surface area contributed by atoms with E-state index in [9.17, 15) is 9.59 Å². The molecule has 1 aromatic carbocycles. The van der Waals surface area contributed by atoms with Crippen LogP contribution in [0.4, 0.5) is 5.69 Å². The van der Waals surface area contributed by atoms with Gasteiger partial charge in [0.25, 0.3) is 0 Å². The third-order valence-electron chi connectivity index (χ3n) is 2.90. The predicted molar refractivity (Wildman–Crippen MR) is 81.3 cm³/mol. The van der Waals surface area contributed by atoms with Crippen LogP contribution in [0.1, 0.15) is 6.42 Å². The maximum absolute atomic E-state index is 12.0. The first-order valence-corrected chi connectivity index (χ1v) is 6.70. The summed E-state index contributed by atoms with van der Waals surface area (Å²) in [6.45, 7) is 0.599. The van der Waals surface area contributed by atoms with Crippen molar-refractivity contribution in [2.24, 2.45) is 5.73 Å². The number of nitrogens with two attached hydrogens (primary N) is 1. The van der Waals surface area contributed by atoms with Crippen LogP contribution in [0.15, 0.2) is 18.2 Å². The molecule has 0 spiro atoms. The average molecular weight is 311 g/mol. The van der Waals surface area contributed by atoms with Gasteiger partial charge in [0, 0.05) is 19.2 Å². The topological polar surface area (TPSA) is 123 Å². The molecule has 122 valence electrons. The molecule has 0 radical (unpaired) electrons. The molecule has 5 N–H and O–H groups in total. The van der Waals surface area contributed by atoms with Crippen molar-refractivity contribution < 1.29 is 24.2 Å². The van der Waals surface area contributed by atoms with E-state index in [1.807, 2.05) is 0 Å². The number of aliphatic carboxylic acids is 1. The molecule has 0 aliphatic rings. The van der Waals surface area contributed by atoms with Gasteiger partial charge >= 0.3 is 5.97 Å². The number of anilines is 1. The highest BCUT2D eigenvalue weighted by atomic mass is 16.5. The lowest BCUT2D eigenvalue weighted by Crippen LogP contribution is -2.41. The van der Waals surface area contributed by atoms with Crippen LogP contribution in [0.3, 0.4) is 0 Å². The Balaban J connectivity index is 2.76. The highest BCUT2D eigenvalue weighted by Gasteiger charge is 2.21. The number of ether oxygens (including phenoxy) is 2. The molecular formula is C14H21N3O5. The Hall–Kier alpha value is -2.32. The number of carboxylic acids is 1. The monoisotopic (exact) mass is 311 g/mol. The van der Waals surface area contributed by atoms with E-state index in [2.05, 4.69) is 10.6 Å². The van der Waals surface area contributed by atoms with Gasteiger partial charge in [-0.2, -0.15) is 0 Å². The SMILES string of the molecule is COc1ccc(OC)c(NC(=O)C[C@H](NCCN)C(=O)O)c1. The van der Waals surface area contributed by atoms with Crippen molar-refractivity contribution in [3.8, 4) is 11.5 Å². The van der Waals surface area contributed by atoms with Gasteiger partial charge in [-0.15, -0.1) is 0 Å². The van der Waals surface area contributed by atoms with Gasteiger partial charge in [0.1, 0.15) is 17.5 Å². The van der Waals surface area contributed by atoms with Crippen LogP contribution in [0.5, 0.6) is 11.5 Å². The highest BCUT2D eigenvalue weighted by molar-refractivity contribution is 5.95. The van der Waals surface area contributed by atoms with E-state index in [0.717, 1.165) is 0 Å². The van der Waals surface area contributed by atoms with Gasteiger partial charge < -0.3 is 30.9 Å². The summed E-state index contributed by atoms with van der Waals surface area (Å²) in [7, 11) is 2.98. The van der Waals surface area contributed by atoms with Crippen molar-refractivity contribution in [2.45, 2.75) is 12.5 Å². The molecule has 1 aromatic rings. The van der Waals surface area contributed by atoms with Crippen LogP contribution >= 0.6 is 0 Å². The lowest BCUT2D eigenvalue weighted by Gasteiger charge is -2.15. The van der Waals surface area contributed by atoms with Crippen molar-refractivity contribution in [3.05, 3.63) is 18.2 Å². The number of rotatable bonds is 9. The number of carbonyl (C=O) groups excluding carboxylic acids is 1. The Bertz CT molecular complexity index is 521. The molecule has 1 rings (SSSR count). The molecule has 8 heteroatoms. The summed E-state index contributed by atoms with van der Waals surface area (Å²) in [5.41, 5.74) is 5.73. The molecule has 0 heterocycles. The third kappa shape index (κ3) is 5.23. The smallest absolute Gasteiger partial charge is 0.321 e. The fourth-order valence-electron chi connectivity index (χ4n) is 1.80. The zero-order valence-corrected chi connectivity index (χ0v) is 12.6. The van der Waals surface area contributed by atoms with E-state index < -0.39 is 17.9 Å². The van der Waals surface area contributed by atoms with Crippen LogP contribution in [0.25, 0.3) is 0 Å². The van der Waals surface area contributed by atoms with Crippen molar-refractivity contribution in [2.75, 3.05) is 32.6 Å². The highest BCUT2D eigenvalue weighted by Crippen LogP contribution is 2.28. The Morgan fingerprint density at radius 2 is 2.05 bits per heavy atom. The molecule has 0 saturated heterocycles. The second kappa shape index (κ2) is 8.85. The number of hydrogen-bond acceptors (Lipinski definition) is 6. The minimum atomic E-state index is -1.11. The first-order valence-electron chi connectivity index (χ1n) is 6.70. The quantitative estimate of drug-likeness (QED) is 0.507. The molecular weight excluding hydrogens is 290 g/mol. The number of nitrogens with one attached hydrogen (secondary N) is 2. The molecule has 0 fully saturated rings. The predicted octanol–water partition coefficient (Wildman–Crippen LogP) is 0.0339. The summed E-state index contributed by atoms with van der Waals surface area (Å²) in [4.78, 5) is 23.1. The van der Waals surface area contributed by atoms with Gasteiger partial charge in [-0.1, -0.05) is 0 Å². The van der Waals surface area contributed by atoms with E-state index in [4.69, 9.17) is 20.3 Å². The summed E-state index contributed by atoms with van der Waals surface area (Å²) < 4.78 is 10.2. The largest absolute Gasteiger partial charge is 0.497 e. The molecule has 0 saturated carbocycles. The average Bonchev–Trinajstić information content (AvgIpc) is 2.50. The van der Waals surface area contributed by atoms with Crippen LogP contribution in [-0.4, -0.2) is 50.3 Å². The lowest BCUT2D eigenvalue weighted by molar-refractivity contribution is -0.141. The van der Waals surface area contributed by atoms with Gasteiger partial charge in [-0.3, -0.25) is 9.59 Å². The van der Waals surface area contributed by atoms with Crippen molar-refractivity contribution in [1.82, 2.24) is 5.32 Å². The first kappa shape index (κ1) is 17.7. The Morgan fingerprint density at radius 3 is 2.59 bits per heavy atom. The summed E-state index contributed by atoms with van der Waals surface area (Å²) in [5.74, 6) is -0.562. The second-order valence-corrected chi connectivity index (χ2v) is 4.45. The molecule has 0 bridgehead atoms. The molecule has 8 nitrogen and oxygen atoms in total. The second-order valence-electron chi connectivity index (χ2n) is 4.45. The maximum atomic E-state index is 12.0. The molecule has 1 amide bonds. The minimum Gasteiger partial charge on any atom is -0.497 e. The number of carbonyl (C=O) groups is 2. The summed E-state index contributed by atoms with van der Waals surface area (Å²) >= 11 is 0. The number of methoxy groups -OCH3 is 2. The third-order valence-corrected chi connectivity index (χ3v) is 2.90. The molecule has 22 heavy (non-hydrogen) atoms. The fraction of sp³-hybridized carbons (Fsp3) is 0.429. The number of carboxylic acid groups (broad SMARTS) is 1. The molecule has 0 aliphatic heterocycles. The van der Waals surface area contributed by atoms with E-state index in [0.29, 0.717) is 23.7 Å². The van der Waals surface area contributed by atoms with Crippen molar-refractivity contribution in [3.63, 3.8) is 0 Å². The normalized spacial score (nSPS) is 11.6. The zero-order chi connectivity index (χ0) is 16.5. The minimum absolute atomic E-state index is 0.226. The Kier molecular flexibility index (Phi) is 7.14. The number of hydrogen-bond donors (Lipinski definition) is 4. The van der Waals surface area contributed by atoms with E-state index in [1.165, 1.54) is 14.2 Å². The summed E-state index contributed by atoms with van der Waals surface area (Å²) in [6, 6.07) is 3.94. The molecule has 0 aromatic heterocycles. The Morgan fingerprint density at radius 1 is 1.32 bits per heavy atom.